The number of nitrogens with one attached hydrogen (secondary N) is 1. The molecule has 3 rings (SSSR count). The van der Waals surface area contributed by atoms with Gasteiger partial charge >= 0.3 is 0 Å². The normalized spacial score (nSPS) is 26.3. The van der Waals surface area contributed by atoms with Crippen LogP contribution in [0.5, 0.6) is 0 Å². The first-order chi connectivity index (χ1) is 10.6. The molecule has 0 aliphatic carbocycles. The molecule has 0 saturated carbocycles. The zero-order chi connectivity index (χ0) is 15.5. The van der Waals surface area contributed by atoms with Gasteiger partial charge < -0.3 is 20.4 Å². The van der Waals surface area contributed by atoms with Crippen molar-refractivity contribution in [1.82, 2.24) is 9.88 Å². The number of likely N-dealkylation sites (tertiary alicyclic amines) is 1. The molecule has 0 radical (unpaired) electrons. The number of hydrogen-bond acceptors (Lipinski definition) is 3. The molecule has 1 aromatic heterocycles. The van der Waals surface area contributed by atoms with Crippen LogP contribution in [0.1, 0.15) is 36.0 Å². The molecular formula is C16H23N3O3. The molecule has 6 nitrogen and oxygen atoms in total. The quantitative estimate of drug-likeness (QED) is 0.874. The Labute approximate surface area is 130 Å². The molecule has 2 atom stereocenters. The largest absolute Gasteiger partial charge is 0.377 e. The van der Waals surface area contributed by atoms with Crippen LogP contribution in [0.2, 0.25) is 0 Å². The van der Waals surface area contributed by atoms with Crippen LogP contribution in [0.4, 0.5) is 0 Å². The number of ether oxygens (including phenoxy) is 1. The molecule has 0 unspecified atom stereocenters. The molecule has 3 heterocycles. The van der Waals surface area contributed by atoms with E-state index >= 15 is 0 Å². The molecule has 0 bridgehead atoms. The number of rotatable bonds is 4. The van der Waals surface area contributed by atoms with Gasteiger partial charge in [-0.1, -0.05) is 0 Å². The summed E-state index contributed by atoms with van der Waals surface area (Å²) in [5.74, 6) is 0.203. The van der Waals surface area contributed by atoms with Gasteiger partial charge in [0.05, 0.1) is 17.6 Å². The Balaban J connectivity index is 1.50. The lowest BCUT2D eigenvalue weighted by molar-refractivity contribution is -0.123. The van der Waals surface area contributed by atoms with E-state index in [2.05, 4.69) is 4.98 Å². The number of carbonyl (C=O) groups is 2. The Morgan fingerprint density at radius 3 is 2.73 bits per heavy atom. The van der Waals surface area contributed by atoms with Crippen LogP contribution < -0.4 is 5.73 Å². The minimum atomic E-state index is -0.248. The first-order valence-electron chi connectivity index (χ1n) is 7.98. The summed E-state index contributed by atoms with van der Waals surface area (Å²) in [6.45, 7) is 2.16. The monoisotopic (exact) mass is 305 g/mol. The second-order valence-corrected chi connectivity index (χ2v) is 6.28. The van der Waals surface area contributed by atoms with E-state index in [1.165, 1.54) is 0 Å². The van der Waals surface area contributed by atoms with E-state index in [1.807, 2.05) is 4.90 Å². The fraction of sp³-hybridized carbons (Fsp3) is 0.625. The number of H-pyrrole nitrogens is 1. The van der Waals surface area contributed by atoms with E-state index in [9.17, 15) is 9.59 Å². The average molecular weight is 305 g/mol. The van der Waals surface area contributed by atoms with Crippen molar-refractivity contribution in [1.29, 1.82) is 0 Å². The highest BCUT2D eigenvalue weighted by molar-refractivity contribution is 5.94. The average Bonchev–Trinajstić information content (AvgIpc) is 3.18. The van der Waals surface area contributed by atoms with Crippen molar-refractivity contribution in [3.63, 3.8) is 0 Å². The van der Waals surface area contributed by atoms with Gasteiger partial charge in [0.1, 0.15) is 0 Å². The molecule has 2 saturated heterocycles. The van der Waals surface area contributed by atoms with Crippen LogP contribution in [0.3, 0.4) is 0 Å². The van der Waals surface area contributed by atoms with Crippen LogP contribution in [-0.2, 0) is 9.53 Å². The minimum Gasteiger partial charge on any atom is -0.377 e. The SMILES string of the molecule is NC(=O)[C@@H]1CCO[C@@H]1CC1CCN(C(=O)c2cc[nH]c2)CC1. The zero-order valence-corrected chi connectivity index (χ0v) is 12.7. The van der Waals surface area contributed by atoms with E-state index in [0.29, 0.717) is 18.1 Å². The summed E-state index contributed by atoms with van der Waals surface area (Å²) in [6, 6.07) is 1.80. The van der Waals surface area contributed by atoms with E-state index < -0.39 is 0 Å². The van der Waals surface area contributed by atoms with Gasteiger partial charge in [-0.3, -0.25) is 9.59 Å². The Bertz CT molecular complexity index is 521. The summed E-state index contributed by atoms with van der Waals surface area (Å²) >= 11 is 0. The number of aromatic nitrogens is 1. The molecule has 1 aromatic rings. The summed E-state index contributed by atoms with van der Waals surface area (Å²) in [6.07, 6.45) is 7.00. The van der Waals surface area contributed by atoms with Gasteiger partial charge in [0.25, 0.3) is 5.91 Å². The number of amides is 2. The molecular weight excluding hydrogens is 282 g/mol. The fourth-order valence-corrected chi connectivity index (χ4v) is 3.55. The van der Waals surface area contributed by atoms with Gasteiger partial charge in [0.2, 0.25) is 5.91 Å². The molecule has 2 aliphatic rings. The lowest BCUT2D eigenvalue weighted by Crippen LogP contribution is -2.40. The van der Waals surface area contributed by atoms with Crippen molar-refractivity contribution in [2.75, 3.05) is 19.7 Å². The van der Waals surface area contributed by atoms with Crippen molar-refractivity contribution in [3.8, 4) is 0 Å². The van der Waals surface area contributed by atoms with Crippen LogP contribution in [0.15, 0.2) is 18.5 Å². The summed E-state index contributed by atoms with van der Waals surface area (Å²) < 4.78 is 5.68. The number of hydrogen-bond donors (Lipinski definition) is 2. The Morgan fingerprint density at radius 1 is 1.32 bits per heavy atom. The second-order valence-electron chi connectivity index (χ2n) is 6.28. The highest BCUT2D eigenvalue weighted by Gasteiger charge is 2.35. The van der Waals surface area contributed by atoms with Crippen LogP contribution in [0, 0.1) is 11.8 Å². The van der Waals surface area contributed by atoms with Gasteiger partial charge in [-0.05, 0) is 37.7 Å². The standard InChI is InChI=1S/C16H23N3O3/c17-15(20)13-4-8-22-14(13)9-11-2-6-19(7-3-11)16(21)12-1-5-18-10-12/h1,5,10-11,13-14,18H,2-4,6-9H2,(H2,17,20)/t13-,14-/m1/s1. The molecule has 2 amide bonds. The predicted octanol–water partition coefficient (Wildman–Crippen LogP) is 1.15. The smallest absolute Gasteiger partial charge is 0.255 e. The summed E-state index contributed by atoms with van der Waals surface area (Å²) in [7, 11) is 0. The summed E-state index contributed by atoms with van der Waals surface area (Å²) in [4.78, 5) is 28.5. The van der Waals surface area contributed by atoms with Crippen molar-refractivity contribution < 1.29 is 14.3 Å². The third-order valence-electron chi connectivity index (χ3n) is 4.89. The van der Waals surface area contributed by atoms with Gasteiger partial charge in [-0.15, -0.1) is 0 Å². The van der Waals surface area contributed by atoms with Gasteiger partial charge in [-0.2, -0.15) is 0 Å². The van der Waals surface area contributed by atoms with E-state index in [1.54, 1.807) is 18.5 Å². The van der Waals surface area contributed by atoms with Crippen molar-refractivity contribution >= 4 is 11.8 Å². The molecule has 22 heavy (non-hydrogen) atoms. The van der Waals surface area contributed by atoms with Crippen LogP contribution in [-0.4, -0.2) is 47.5 Å². The maximum Gasteiger partial charge on any atom is 0.255 e. The first-order valence-corrected chi connectivity index (χ1v) is 7.98. The molecule has 2 aliphatic heterocycles. The molecule has 6 heteroatoms. The van der Waals surface area contributed by atoms with Crippen LogP contribution in [0.25, 0.3) is 0 Å². The lowest BCUT2D eigenvalue weighted by Gasteiger charge is -2.33. The van der Waals surface area contributed by atoms with Crippen LogP contribution >= 0.6 is 0 Å². The number of primary amides is 1. The predicted molar refractivity (Wildman–Crippen MR) is 81.1 cm³/mol. The fourth-order valence-electron chi connectivity index (χ4n) is 3.55. The molecule has 0 spiro atoms. The molecule has 120 valence electrons. The van der Waals surface area contributed by atoms with Gasteiger partial charge in [0.15, 0.2) is 0 Å². The number of nitrogens with zero attached hydrogens (tertiary/aromatic N) is 1. The van der Waals surface area contributed by atoms with Crippen molar-refractivity contribution in [2.45, 2.75) is 31.8 Å². The van der Waals surface area contributed by atoms with E-state index in [-0.39, 0.29) is 23.8 Å². The Hall–Kier alpha value is -1.82. The number of piperidine rings is 1. The number of nitrogens with two attached hydrogens (primary N) is 1. The third kappa shape index (κ3) is 3.16. The van der Waals surface area contributed by atoms with E-state index in [0.717, 1.165) is 38.8 Å². The van der Waals surface area contributed by atoms with E-state index in [4.69, 9.17) is 10.5 Å². The number of carbonyl (C=O) groups excluding carboxylic acids is 2. The topological polar surface area (TPSA) is 88.4 Å². The van der Waals surface area contributed by atoms with Crippen molar-refractivity contribution in [3.05, 3.63) is 24.0 Å². The maximum atomic E-state index is 12.3. The lowest BCUT2D eigenvalue weighted by atomic mass is 9.86. The van der Waals surface area contributed by atoms with Crippen molar-refractivity contribution in [2.24, 2.45) is 17.6 Å². The minimum absolute atomic E-state index is 0.0329. The summed E-state index contributed by atoms with van der Waals surface area (Å²) in [5, 5.41) is 0. The number of aromatic amines is 1. The Kier molecular flexibility index (Phi) is 4.47. The highest BCUT2D eigenvalue weighted by Crippen LogP contribution is 2.30. The highest BCUT2D eigenvalue weighted by atomic mass is 16.5. The Morgan fingerprint density at radius 2 is 2.09 bits per heavy atom. The molecule has 0 aromatic carbocycles. The molecule has 3 N–H and O–H groups in total. The summed E-state index contributed by atoms with van der Waals surface area (Å²) in [5.41, 5.74) is 6.15. The first kappa shape index (κ1) is 15.1. The van der Waals surface area contributed by atoms with Gasteiger partial charge in [0, 0.05) is 32.1 Å². The zero-order valence-electron chi connectivity index (χ0n) is 12.7. The maximum absolute atomic E-state index is 12.3. The third-order valence-corrected chi connectivity index (χ3v) is 4.89. The van der Waals surface area contributed by atoms with Gasteiger partial charge in [-0.25, -0.2) is 0 Å². The second kappa shape index (κ2) is 6.52. The molecule has 2 fully saturated rings.